The minimum absolute atomic E-state index is 0.747. The van der Waals surface area contributed by atoms with Crippen LogP contribution in [0.2, 0.25) is 0 Å². The zero-order valence-electron chi connectivity index (χ0n) is 8.21. The maximum absolute atomic E-state index is 4.42. The first kappa shape index (κ1) is 9.16. The molecule has 0 aliphatic heterocycles. The van der Waals surface area contributed by atoms with Crippen molar-refractivity contribution in [3.05, 3.63) is 16.1 Å². The van der Waals surface area contributed by atoms with Gasteiger partial charge in [0.2, 0.25) is 0 Å². The Bertz CT molecular complexity index is 276. The smallest absolute Gasteiger partial charge is 0.0897 e. The lowest BCUT2D eigenvalue weighted by atomic mass is 9.82. The molecule has 0 bridgehead atoms. The summed E-state index contributed by atoms with van der Waals surface area (Å²) in [7, 11) is 0. The van der Waals surface area contributed by atoms with Crippen LogP contribution < -0.4 is 5.32 Å². The minimum atomic E-state index is 0.747. The Balaban J connectivity index is 1.74. The fourth-order valence-electron chi connectivity index (χ4n) is 1.81. The van der Waals surface area contributed by atoms with Crippen LogP contribution >= 0.6 is 11.3 Å². The molecule has 2 rings (SSSR count). The van der Waals surface area contributed by atoms with Gasteiger partial charge in [-0.25, -0.2) is 4.98 Å². The van der Waals surface area contributed by atoms with E-state index >= 15 is 0 Å². The van der Waals surface area contributed by atoms with E-state index < -0.39 is 0 Å². The number of aromatic nitrogens is 1. The van der Waals surface area contributed by atoms with Crippen LogP contribution in [0.3, 0.4) is 0 Å². The van der Waals surface area contributed by atoms with Crippen molar-refractivity contribution >= 4 is 11.3 Å². The molecule has 1 saturated carbocycles. The molecule has 1 aromatic rings. The van der Waals surface area contributed by atoms with E-state index in [2.05, 4.69) is 29.5 Å². The van der Waals surface area contributed by atoms with Crippen LogP contribution in [-0.2, 0) is 6.54 Å². The van der Waals surface area contributed by atoms with E-state index in [1.165, 1.54) is 23.5 Å². The van der Waals surface area contributed by atoms with Crippen LogP contribution in [0.5, 0.6) is 0 Å². The number of hydrogen-bond acceptors (Lipinski definition) is 3. The summed E-state index contributed by atoms with van der Waals surface area (Å²) in [4.78, 5) is 4.42. The van der Waals surface area contributed by atoms with Crippen molar-refractivity contribution in [1.29, 1.82) is 0 Å². The van der Waals surface area contributed by atoms with E-state index in [4.69, 9.17) is 0 Å². The Hall–Kier alpha value is -0.410. The lowest BCUT2D eigenvalue weighted by Crippen LogP contribution is -2.39. The third-order valence-corrected chi connectivity index (χ3v) is 3.43. The van der Waals surface area contributed by atoms with E-state index in [0.717, 1.165) is 18.5 Å². The van der Waals surface area contributed by atoms with Crippen LogP contribution in [-0.4, -0.2) is 11.0 Å². The summed E-state index contributed by atoms with van der Waals surface area (Å²) >= 11 is 1.73. The highest BCUT2D eigenvalue weighted by atomic mass is 32.1. The largest absolute Gasteiger partial charge is 0.308 e. The molecule has 1 aromatic heterocycles. The molecule has 72 valence electrons. The maximum Gasteiger partial charge on any atom is 0.0897 e. The second kappa shape index (κ2) is 3.76. The molecule has 13 heavy (non-hydrogen) atoms. The Kier molecular flexibility index (Phi) is 2.65. The van der Waals surface area contributed by atoms with Crippen LogP contribution in [0, 0.1) is 12.8 Å². The van der Waals surface area contributed by atoms with Gasteiger partial charge in [-0.1, -0.05) is 6.92 Å². The zero-order chi connectivity index (χ0) is 9.26. The maximum atomic E-state index is 4.42. The quantitative estimate of drug-likeness (QED) is 0.802. The van der Waals surface area contributed by atoms with Gasteiger partial charge in [-0.3, -0.25) is 0 Å². The number of hydrogen-bond donors (Lipinski definition) is 1. The van der Waals surface area contributed by atoms with Gasteiger partial charge in [0.15, 0.2) is 0 Å². The molecular weight excluding hydrogens is 180 g/mol. The zero-order valence-corrected chi connectivity index (χ0v) is 9.03. The monoisotopic (exact) mass is 196 g/mol. The van der Waals surface area contributed by atoms with E-state index in [0.29, 0.717) is 0 Å². The average molecular weight is 196 g/mol. The van der Waals surface area contributed by atoms with Crippen molar-refractivity contribution in [3.8, 4) is 0 Å². The molecular formula is C10H16N2S. The van der Waals surface area contributed by atoms with E-state index in [9.17, 15) is 0 Å². The first-order valence-corrected chi connectivity index (χ1v) is 5.76. The van der Waals surface area contributed by atoms with Gasteiger partial charge in [0.1, 0.15) is 0 Å². The standard InChI is InChI=1S/C10H16N2S/c1-7-3-9(4-7)11-5-10-6-13-8(2)12-10/h6-7,9,11H,3-5H2,1-2H3. The first-order chi connectivity index (χ1) is 6.24. The van der Waals surface area contributed by atoms with Crippen molar-refractivity contribution in [1.82, 2.24) is 10.3 Å². The molecule has 0 atom stereocenters. The number of nitrogens with zero attached hydrogens (tertiary/aromatic N) is 1. The van der Waals surface area contributed by atoms with Crippen LogP contribution in [0.1, 0.15) is 30.5 Å². The molecule has 0 radical (unpaired) electrons. The predicted molar refractivity (Wildman–Crippen MR) is 55.9 cm³/mol. The van der Waals surface area contributed by atoms with Crippen LogP contribution in [0.15, 0.2) is 5.38 Å². The lowest BCUT2D eigenvalue weighted by Gasteiger charge is -2.33. The Morgan fingerprint density at radius 2 is 2.38 bits per heavy atom. The second-order valence-electron chi connectivity index (χ2n) is 4.01. The van der Waals surface area contributed by atoms with E-state index in [1.807, 2.05) is 0 Å². The lowest BCUT2D eigenvalue weighted by molar-refractivity contribution is 0.240. The third-order valence-electron chi connectivity index (χ3n) is 2.61. The molecule has 0 amide bonds. The van der Waals surface area contributed by atoms with Gasteiger partial charge in [0.25, 0.3) is 0 Å². The summed E-state index contributed by atoms with van der Waals surface area (Å²) in [6.07, 6.45) is 2.67. The average Bonchev–Trinajstić information content (AvgIpc) is 2.43. The molecule has 1 N–H and O–H groups in total. The highest BCUT2D eigenvalue weighted by molar-refractivity contribution is 7.09. The summed E-state index contributed by atoms with van der Waals surface area (Å²) < 4.78 is 0. The van der Waals surface area contributed by atoms with Gasteiger partial charge in [-0.05, 0) is 25.7 Å². The van der Waals surface area contributed by atoms with Gasteiger partial charge < -0.3 is 5.32 Å². The van der Waals surface area contributed by atoms with Gasteiger partial charge in [0, 0.05) is 18.0 Å². The number of thiazole rings is 1. The van der Waals surface area contributed by atoms with Gasteiger partial charge in [-0.2, -0.15) is 0 Å². The molecule has 0 saturated heterocycles. The van der Waals surface area contributed by atoms with Crippen LogP contribution in [0.25, 0.3) is 0 Å². The second-order valence-corrected chi connectivity index (χ2v) is 5.07. The fraction of sp³-hybridized carbons (Fsp3) is 0.700. The summed E-state index contributed by atoms with van der Waals surface area (Å²) in [6.45, 7) is 5.31. The molecule has 1 fully saturated rings. The summed E-state index contributed by atoms with van der Waals surface area (Å²) in [5.41, 5.74) is 1.20. The van der Waals surface area contributed by atoms with Crippen molar-refractivity contribution < 1.29 is 0 Å². The highest BCUT2D eigenvalue weighted by Crippen LogP contribution is 2.26. The van der Waals surface area contributed by atoms with Crippen molar-refractivity contribution in [2.24, 2.45) is 5.92 Å². The van der Waals surface area contributed by atoms with Crippen molar-refractivity contribution in [3.63, 3.8) is 0 Å². The Morgan fingerprint density at radius 1 is 1.62 bits per heavy atom. The minimum Gasteiger partial charge on any atom is -0.308 e. The summed E-state index contributed by atoms with van der Waals surface area (Å²) in [5, 5.41) is 6.83. The third kappa shape index (κ3) is 2.29. The summed E-state index contributed by atoms with van der Waals surface area (Å²) in [5.74, 6) is 0.926. The van der Waals surface area contributed by atoms with Gasteiger partial charge in [-0.15, -0.1) is 11.3 Å². The van der Waals surface area contributed by atoms with E-state index in [1.54, 1.807) is 11.3 Å². The number of rotatable bonds is 3. The van der Waals surface area contributed by atoms with Crippen LogP contribution in [0.4, 0.5) is 0 Å². The molecule has 1 aliphatic rings. The SMILES string of the molecule is Cc1nc(CNC2CC(C)C2)cs1. The summed E-state index contributed by atoms with van der Waals surface area (Å²) in [6, 6.07) is 0.747. The fourth-order valence-corrected chi connectivity index (χ4v) is 2.42. The molecule has 3 heteroatoms. The topological polar surface area (TPSA) is 24.9 Å². The number of nitrogens with one attached hydrogen (secondary N) is 1. The Labute approximate surface area is 83.4 Å². The first-order valence-electron chi connectivity index (χ1n) is 4.88. The molecule has 0 aromatic carbocycles. The van der Waals surface area contributed by atoms with Crippen molar-refractivity contribution in [2.45, 2.75) is 39.3 Å². The molecule has 1 heterocycles. The Morgan fingerprint density at radius 3 is 2.92 bits per heavy atom. The van der Waals surface area contributed by atoms with E-state index in [-0.39, 0.29) is 0 Å². The highest BCUT2D eigenvalue weighted by Gasteiger charge is 2.24. The normalized spacial score (nSPS) is 27.2. The number of aryl methyl sites for hydroxylation is 1. The van der Waals surface area contributed by atoms with Gasteiger partial charge in [0.05, 0.1) is 10.7 Å². The van der Waals surface area contributed by atoms with Gasteiger partial charge >= 0.3 is 0 Å². The molecule has 0 spiro atoms. The molecule has 1 aliphatic carbocycles. The van der Waals surface area contributed by atoms with Crippen molar-refractivity contribution in [2.75, 3.05) is 0 Å². The molecule has 0 unspecified atom stereocenters. The predicted octanol–water partition coefficient (Wildman–Crippen LogP) is 2.34. The molecule has 2 nitrogen and oxygen atoms in total.